The summed E-state index contributed by atoms with van der Waals surface area (Å²) >= 11 is 9.85. The fraction of sp³-hybridized carbons (Fsp3) is 0.538. The van der Waals surface area contributed by atoms with Crippen molar-refractivity contribution in [1.82, 2.24) is 4.90 Å². The van der Waals surface area contributed by atoms with E-state index in [-0.39, 0.29) is 6.04 Å². The van der Waals surface area contributed by atoms with Crippen LogP contribution in [0.5, 0.6) is 0 Å². The Morgan fingerprint density at radius 3 is 2.76 bits per heavy atom. The van der Waals surface area contributed by atoms with Crippen molar-refractivity contribution in [3.63, 3.8) is 0 Å². The van der Waals surface area contributed by atoms with Crippen LogP contribution in [0.25, 0.3) is 0 Å². The fourth-order valence-electron chi connectivity index (χ4n) is 2.81. The molecular formula is C13H16BrClN2. The van der Waals surface area contributed by atoms with Crippen LogP contribution in [0.1, 0.15) is 30.9 Å². The van der Waals surface area contributed by atoms with Gasteiger partial charge in [-0.3, -0.25) is 4.90 Å². The largest absolute Gasteiger partial charge is 0.326 e. The predicted molar refractivity (Wildman–Crippen MR) is 74.2 cm³/mol. The van der Waals surface area contributed by atoms with E-state index in [2.05, 4.69) is 26.9 Å². The van der Waals surface area contributed by atoms with E-state index in [4.69, 9.17) is 17.3 Å². The molecule has 1 aromatic rings. The van der Waals surface area contributed by atoms with Gasteiger partial charge in [-0.15, -0.1) is 0 Å². The molecule has 17 heavy (non-hydrogen) atoms. The smallest absolute Gasteiger partial charge is 0.0517 e. The van der Waals surface area contributed by atoms with Crippen LogP contribution < -0.4 is 5.73 Å². The highest BCUT2D eigenvalue weighted by Crippen LogP contribution is 2.42. The zero-order valence-corrected chi connectivity index (χ0v) is 11.9. The molecule has 2 unspecified atom stereocenters. The van der Waals surface area contributed by atoms with Crippen molar-refractivity contribution in [2.24, 2.45) is 5.73 Å². The maximum Gasteiger partial charge on any atom is 0.0517 e. The van der Waals surface area contributed by atoms with Gasteiger partial charge in [0.2, 0.25) is 0 Å². The van der Waals surface area contributed by atoms with Gasteiger partial charge < -0.3 is 5.73 Å². The van der Waals surface area contributed by atoms with E-state index in [9.17, 15) is 0 Å². The third kappa shape index (κ3) is 2.26. The maximum atomic E-state index is 6.33. The zero-order chi connectivity index (χ0) is 12.0. The summed E-state index contributed by atoms with van der Waals surface area (Å²) in [4.78, 5) is 2.54. The summed E-state index contributed by atoms with van der Waals surface area (Å²) in [6.45, 7) is 1.11. The van der Waals surface area contributed by atoms with Crippen LogP contribution in [0.2, 0.25) is 5.02 Å². The molecule has 2 fully saturated rings. The lowest BCUT2D eigenvalue weighted by Gasteiger charge is -2.28. The Hall–Kier alpha value is -0.0900. The molecule has 1 saturated carbocycles. The van der Waals surface area contributed by atoms with E-state index in [1.54, 1.807) is 0 Å². The van der Waals surface area contributed by atoms with Crippen LogP contribution in [-0.2, 0) is 0 Å². The van der Waals surface area contributed by atoms with Crippen LogP contribution in [0, 0.1) is 0 Å². The van der Waals surface area contributed by atoms with Gasteiger partial charge >= 0.3 is 0 Å². The molecule has 1 aliphatic heterocycles. The fourth-order valence-corrected chi connectivity index (χ4v) is 3.42. The molecule has 0 aromatic heterocycles. The minimum Gasteiger partial charge on any atom is -0.326 e. The SMILES string of the molecule is NC1CCN(C2CC2)C1c1cc(Br)ccc1Cl. The second-order valence-corrected chi connectivity index (χ2v) is 6.36. The van der Waals surface area contributed by atoms with Gasteiger partial charge in [-0.2, -0.15) is 0 Å². The summed E-state index contributed by atoms with van der Waals surface area (Å²) in [6, 6.07) is 7.30. The minimum absolute atomic E-state index is 0.211. The average Bonchev–Trinajstić information content (AvgIpc) is 3.07. The molecular weight excluding hydrogens is 300 g/mol. The first-order valence-corrected chi connectivity index (χ1v) is 7.30. The van der Waals surface area contributed by atoms with Crippen molar-refractivity contribution in [3.05, 3.63) is 33.3 Å². The molecule has 0 spiro atoms. The average molecular weight is 316 g/mol. The topological polar surface area (TPSA) is 29.3 Å². The van der Waals surface area contributed by atoms with E-state index in [1.165, 1.54) is 18.4 Å². The molecule has 4 heteroatoms. The van der Waals surface area contributed by atoms with Crippen molar-refractivity contribution in [2.75, 3.05) is 6.54 Å². The first-order valence-electron chi connectivity index (χ1n) is 6.13. The molecule has 1 saturated heterocycles. The summed E-state index contributed by atoms with van der Waals surface area (Å²) in [5.74, 6) is 0. The molecule has 2 atom stereocenters. The normalized spacial score (nSPS) is 29.8. The van der Waals surface area contributed by atoms with Crippen LogP contribution in [0.3, 0.4) is 0 Å². The second kappa shape index (κ2) is 4.54. The summed E-state index contributed by atoms with van der Waals surface area (Å²) in [6.07, 6.45) is 3.70. The van der Waals surface area contributed by atoms with Gasteiger partial charge in [0.25, 0.3) is 0 Å². The Morgan fingerprint density at radius 2 is 2.06 bits per heavy atom. The highest BCUT2D eigenvalue weighted by molar-refractivity contribution is 9.10. The Morgan fingerprint density at radius 1 is 1.29 bits per heavy atom. The van der Waals surface area contributed by atoms with Crippen LogP contribution in [-0.4, -0.2) is 23.5 Å². The maximum absolute atomic E-state index is 6.33. The van der Waals surface area contributed by atoms with Gasteiger partial charge in [0, 0.05) is 28.1 Å². The molecule has 3 rings (SSSR count). The summed E-state index contributed by atoms with van der Waals surface area (Å²) in [5, 5.41) is 0.834. The lowest BCUT2D eigenvalue weighted by Crippen LogP contribution is -2.33. The molecule has 1 heterocycles. The van der Waals surface area contributed by atoms with E-state index < -0.39 is 0 Å². The lowest BCUT2D eigenvalue weighted by molar-refractivity contribution is 0.237. The number of nitrogens with two attached hydrogens (primary N) is 1. The van der Waals surface area contributed by atoms with Gasteiger partial charge in [0.15, 0.2) is 0 Å². The second-order valence-electron chi connectivity index (χ2n) is 5.03. The number of hydrogen-bond acceptors (Lipinski definition) is 2. The molecule has 0 bridgehead atoms. The Bertz CT molecular complexity index is 433. The van der Waals surface area contributed by atoms with Crippen molar-refractivity contribution >= 4 is 27.5 Å². The van der Waals surface area contributed by atoms with Gasteiger partial charge in [-0.25, -0.2) is 0 Å². The van der Waals surface area contributed by atoms with Crippen molar-refractivity contribution in [1.29, 1.82) is 0 Å². The monoisotopic (exact) mass is 314 g/mol. The Labute approximate surface area is 115 Å². The zero-order valence-electron chi connectivity index (χ0n) is 9.57. The predicted octanol–water partition coefficient (Wildman–Crippen LogP) is 3.34. The van der Waals surface area contributed by atoms with Crippen molar-refractivity contribution < 1.29 is 0 Å². The molecule has 0 radical (unpaired) electrons. The van der Waals surface area contributed by atoms with Gasteiger partial charge in [0.1, 0.15) is 0 Å². The molecule has 2 aliphatic rings. The third-order valence-electron chi connectivity index (χ3n) is 3.78. The Kier molecular flexibility index (Phi) is 3.20. The minimum atomic E-state index is 0.211. The molecule has 92 valence electrons. The van der Waals surface area contributed by atoms with Gasteiger partial charge in [-0.1, -0.05) is 27.5 Å². The number of benzene rings is 1. The standard InChI is InChI=1S/C13H16BrClN2/c14-8-1-4-11(15)10(7-8)13-12(16)5-6-17(13)9-2-3-9/h1,4,7,9,12-13H,2-3,5-6,16H2. The lowest BCUT2D eigenvalue weighted by atomic mass is 10.0. The van der Waals surface area contributed by atoms with Crippen LogP contribution in [0.4, 0.5) is 0 Å². The van der Waals surface area contributed by atoms with Gasteiger partial charge in [0.05, 0.1) is 6.04 Å². The third-order valence-corrected chi connectivity index (χ3v) is 4.61. The van der Waals surface area contributed by atoms with Gasteiger partial charge in [-0.05, 0) is 43.0 Å². The van der Waals surface area contributed by atoms with E-state index in [0.717, 1.165) is 28.5 Å². The Balaban J connectivity index is 1.97. The number of halogens is 2. The molecule has 2 N–H and O–H groups in total. The molecule has 1 aromatic carbocycles. The van der Waals surface area contributed by atoms with E-state index >= 15 is 0 Å². The molecule has 2 nitrogen and oxygen atoms in total. The van der Waals surface area contributed by atoms with Crippen LogP contribution >= 0.6 is 27.5 Å². The first kappa shape index (κ1) is 12.0. The summed E-state index contributed by atoms with van der Waals surface area (Å²) in [7, 11) is 0. The molecule has 1 aliphatic carbocycles. The highest BCUT2D eigenvalue weighted by Gasteiger charge is 2.41. The quantitative estimate of drug-likeness (QED) is 0.907. The van der Waals surface area contributed by atoms with Crippen LogP contribution in [0.15, 0.2) is 22.7 Å². The number of nitrogens with zero attached hydrogens (tertiary/aromatic N) is 1. The number of likely N-dealkylation sites (tertiary alicyclic amines) is 1. The van der Waals surface area contributed by atoms with Crippen molar-refractivity contribution in [2.45, 2.75) is 37.4 Å². The highest BCUT2D eigenvalue weighted by atomic mass is 79.9. The van der Waals surface area contributed by atoms with E-state index in [1.807, 2.05) is 12.1 Å². The molecule has 0 amide bonds. The number of rotatable bonds is 2. The number of hydrogen-bond donors (Lipinski definition) is 1. The summed E-state index contributed by atoms with van der Waals surface area (Å²) in [5.41, 5.74) is 7.45. The summed E-state index contributed by atoms with van der Waals surface area (Å²) < 4.78 is 1.08. The van der Waals surface area contributed by atoms with E-state index in [0.29, 0.717) is 6.04 Å². The van der Waals surface area contributed by atoms with Crippen molar-refractivity contribution in [3.8, 4) is 0 Å². The first-order chi connectivity index (χ1) is 8.16.